The van der Waals surface area contributed by atoms with Gasteiger partial charge < -0.3 is 9.80 Å². The van der Waals surface area contributed by atoms with Gasteiger partial charge in [0.2, 0.25) is 12.8 Å². The summed E-state index contributed by atoms with van der Waals surface area (Å²) < 4.78 is 0. The van der Waals surface area contributed by atoms with Crippen molar-refractivity contribution < 1.29 is 42.3 Å². The molecule has 6 heteroatoms. The Kier molecular flexibility index (Phi) is 4.48. The van der Waals surface area contributed by atoms with Gasteiger partial charge in [-0.1, -0.05) is 0 Å². The molecule has 5 nitrogen and oxygen atoms in total. The number of hydrogen-bond acceptors (Lipinski definition) is 3. The molecule has 0 spiro atoms. The molecule has 0 bridgehead atoms. The van der Waals surface area contributed by atoms with Crippen LogP contribution in [0.25, 0.3) is 0 Å². The van der Waals surface area contributed by atoms with E-state index in [0.29, 0.717) is 6.54 Å². The van der Waals surface area contributed by atoms with Gasteiger partial charge in [0.1, 0.15) is 6.17 Å². The summed E-state index contributed by atoms with van der Waals surface area (Å²) in [6.07, 6.45) is 1.86. The third-order valence-electron chi connectivity index (χ3n) is 2.81. The smallest absolute Gasteiger partial charge is 0.211 e. The minimum Gasteiger partial charge on any atom is -0.341 e. The second-order valence-corrected chi connectivity index (χ2v) is 3.46. The molecule has 2 rings (SSSR count). The van der Waals surface area contributed by atoms with Gasteiger partial charge in [-0.25, -0.2) is 0 Å². The first kappa shape index (κ1) is 12.1. The van der Waals surface area contributed by atoms with Crippen molar-refractivity contribution in [1.29, 1.82) is 0 Å². The predicted octanol–water partition coefficient (Wildman–Crippen LogP) is -1.44. The van der Waals surface area contributed by atoms with Gasteiger partial charge in [0, 0.05) is 58.9 Å². The molecular formula is C8H13N3O2Y. The summed E-state index contributed by atoms with van der Waals surface area (Å²) in [5, 5.41) is 0. The SMILES string of the molecule is O=CN1CCN2CCN(C=O)C2C1.[Y]. The maximum absolute atomic E-state index is 10.6. The van der Waals surface area contributed by atoms with Crippen molar-refractivity contribution in [3.05, 3.63) is 0 Å². The van der Waals surface area contributed by atoms with Crippen LogP contribution in [0.15, 0.2) is 0 Å². The molecule has 0 aromatic rings. The zero-order chi connectivity index (χ0) is 9.26. The first-order valence-corrected chi connectivity index (χ1v) is 4.49. The summed E-state index contributed by atoms with van der Waals surface area (Å²) in [4.78, 5) is 26.9. The number of piperazine rings is 1. The molecule has 0 aliphatic carbocycles. The Balaban J connectivity index is 0.000000980. The van der Waals surface area contributed by atoms with Gasteiger partial charge in [-0.3, -0.25) is 14.5 Å². The van der Waals surface area contributed by atoms with Crippen LogP contribution in [-0.4, -0.2) is 66.4 Å². The van der Waals surface area contributed by atoms with E-state index in [1.807, 2.05) is 0 Å². The van der Waals surface area contributed by atoms with Crippen molar-refractivity contribution in [3.8, 4) is 0 Å². The van der Waals surface area contributed by atoms with Crippen molar-refractivity contribution in [2.45, 2.75) is 6.17 Å². The summed E-state index contributed by atoms with van der Waals surface area (Å²) >= 11 is 0. The molecule has 2 fully saturated rings. The summed E-state index contributed by atoms with van der Waals surface area (Å²) in [6.45, 7) is 4.06. The average Bonchev–Trinajstić information content (AvgIpc) is 2.59. The Hall–Kier alpha value is 0.00390. The summed E-state index contributed by atoms with van der Waals surface area (Å²) in [5.41, 5.74) is 0. The fourth-order valence-corrected chi connectivity index (χ4v) is 2.01. The number of rotatable bonds is 2. The van der Waals surface area contributed by atoms with E-state index in [1.54, 1.807) is 9.80 Å². The van der Waals surface area contributed by atoms with Crippen LogP contribution in [0.5, 0.6) is 0 Å². The first-order chi connectivity index (χ1) is 6.35. The minimum atomic E-state index is 0. The van der Waals surface area contributed by atoms with Crippen LogP contribution in [0.2, 0.25) is 0 Å². The van der Waals surface area contributed by atoms with Crippen molar-refractivity contribution in [3.63, 3.8) is 0 Å². The van der Waals surface area contributed by atoms with Crippen LogP contribution in [0.4, 0.5) is 0 Å². The van der Waals surface area contributed by atoms with Crippen LogP contribution in [0.3, 0.4) is 0 Å². The standard InChI is InChI=1S/C8H13N3O2.Y/c12-6-9-1-2-10-3-4-11(7-13)8(10)5-9;/h6-8H,1-5H2;. The van der Waals surface area contributed by atoms with Crippen molar-refractivity contribution >= 4 is 12.8 Å². The first-order valence-electron chi connectivity index (χ1n) is 4.49. The molecule has 14 heavy (non-hydrogen) atoms. The van der Waals surface area contributed by atoms with E-state index >= 15 is 0 Å². The molecule has 0 aromatic heterocycles. The number of amides is 2. The predicted molar refractivity (Wildman–Crippen MR) is 45.8 cm³/mol. The third-order valence-corrected chi connectivity index (χ3v) is 2.81. The average molecular weight is 272 g/mol. The van der Waals surface area contributed by atoms with E-state index in [4.69, 9.17) is 0 Å². The van der Waals surface area contributed by atoms with Gasteiger partial charge in [0.15, 0.2) is 0 Å². The van der Waals surface area contributed by atoms with E-state index < -0.39 is 0 Å². The molecule has 1 unspecified atom stereocenters. The Morgan fingerprint density at radius 2 is 1.71 bits per heavy atom. The Morgan fingerprint density at radius 1 is 1.00 bits per heavy atom. The van der Waals surface area contributed by atoms with E-state index in [2.05, 4.69) is 4.90 Å². The van der Waals surface area contributed by atoms with Gasteiger partial charge in [-0.15, -0.1) is 0 Å². The minimum absolute atomic E-state index is 0. The molecular weight excluding hydrogens is 259 g/mol. The molecule has 0 saturated carbocycles. The molecule has 2 aliphatic heterocycles. The van der Waals surface area contributed by atoms with Gasteiger partial charge in [-0.05, 0) is 0 Å². The van der Waals surface area contributed by atoms with E-state index in [1.165, 1.54) is 0 Å². The molecule has 0 aromatic carbocycles. The molecule has 2 amide bonds. The second kappa shape index (κ2) is 5.19. The zero-order valence-electron chi connectivity index (χ0n) is 8.00. The zero-order valence-corrected chi connectivity index (χ0v) is 10.8. The van der Waals surface area contributed by atoms with E-state index in [0.717, 1.165) is 39.0 Å². The number of hydrogen-bond donors (Lipinski definition) is 0. The summed E-state index contributed by atoms with van der Waals surface area (Å²) in [7, 11) is 0. The number of nitrogens with zero attached hydrogens (tertiary/aromatic N) is 3. The summed E-state index contributed by atoms with van der Waals surface area (Å²) in [5.74, 6) is 0. The third kappa shape index (κ3) is 2.15. The largest absolute Gasteiger partial charge is 0.341 e. The van der Waals surface area contributed by atoms with Crippen LogP contribution < -0.4 is 0 Å². The van der Waals surface area contributed by atoms with Crippen molar-refractivity contribution in [2.24, 2.45) is 0 Å². The molecule has 0 N–H and O–H groups in total. The molecule has 1 atom stereocenters. The quantitative estimate of drug-likeness (QED) is 0.578. The monoisotopic (exact) mass is 272 g/mol. The fraction of sp³-hybridized carbons (Fsp3) is 0.750. The van der Waals surface area contributed by atoms with Gasteiger partial charge >= 0.3 is 0 Å². The van der Waals surface area contributed by atoms with Gasteiger partial charge in [0.05, 0.1) is 6.54 Å². The second-order valence-electron chi connectivity index (χ2n) is 3.46. The van der Waals surface area contributed by atoms with Crippen LogP contribution in [-0.2, 0) is 42.3 Å². The van der Waals surface area contributed by atoms with Crippen LogP contribution in [0, 0.1) is 0 Å². The van der Waals surface area contributed by atoms with Crippen molar-refractivity contribution in [2.75, 3.05) is 32.7 Å². The van der Waals surface area contributed by atoms with Crippen molar-refractivity contribution in [1.82, 2.24) is 14.7 Å². The molecule has 2 heterocycles. The number of carbonyl (C=O) groups is 2. The fourth-order valence-electron chi connectivity index (χ4n) is 2.01. The van der Waals surface area contributed by atoms with Gasteiger partial charge in [0.25, 0.3) is 0 Å². The summed E-state index contributed by atoms with van der Waals surface area (Å²) in [6, 6.07) is 0. The Morgan fingerprint density at radius 3 is 2.36 bits per heavy atom. The molecule has 2 saturated heterocycles. The topological polar surface area (TPSA) is 43.9 Å². The molecule has 2 aliphatic rings. The van der Waals surface area contributed by atoms with E-state index in [-0.39, 0.29) is 38.9 Å². The maximum atomic E-state index is 10.6. The Labute approximate surface area is 108 Å². The Bertz CT molecular complexity index is 227. The number of carbonyl (C=O) groups excluding carboxylic acids is 2. The van der Waals surface area contributed by atoms with Gasteiger partial charge in [-0.2, -0.15) is 0 Å². The maximum Gasteiger partial charge on any atom is 0.211 e. The van der Waals surface area contributed by atoms with Crippen LogP contribution >= 0.6 is 0 Å². The number of fused-ring (bicyclic) bond motifs is 1. The normalized spacial score (nSPS) is 26.7. The molecule has 75 valence electrons. The molecule has 1 radical (unpaired) electrons. The van der Waals surface area contributed by atoms with Crippen LogP contribution in [0.1, 0.15) is 0 Å². The van der Waals surface area contributed by atoms with E-state index in [9.17, 15) is 9.59 Å².